The fourth-order valence-electron chi connectivity index (χ4n) is 3.09. The van der Waals surface area contributed by atoms with Gasteiger partial charge < -0.3 is 19.1 Å². The number of hydrogen-bond donors (Lipinski definition) is 0. The Hall–Kier alpha value is -2.41. The molecule has 1 fully saturated rings. The van der Waals surface area contributed by atoms with Gasteiger partial charge in [-0.1, -0.05) is 5.16 Å². The SMILES string of the molecule is Cc1cc(CN(C)C(=O)c2ccc(N3CC(C)OC(C)C3)nc2)no1. The van der Waals surface area contributed by atoms with Crippen LogP contribution in [0.25, 0.3) is 0 Å². The maximum Gasteiger partial charge on any atom is 0.255 e. The molecule has 3 rings (SSSR count). The zero-order valence-electron chi connectivity index (χ0n) is 15.1. The summed E-state index contributed by atoms with van der Waals surface area (Å²) in [5.41, 5.74) is 1.29. The molecular formula is C18H24N4O3. The molecule has 2 aromatic rings. The fourth-order valence-corrected chi connectivity index (χ4v) is 3.09. The largest absolute Gasteiger partial charge is 0.372 e. The number of morpholine rings is 1. The Labute approximate surface area is 147 Å². The third kappa shape index (κ3) is 4.17. The molecule has 0 N–H and O–H groups in total. The molecule has 0 saturated carbocycles. The molecule has 134 valence electrons. The summed E-state index contributed by atoms with van der Waals surface area (Å²) < 4.78 is 10.8. The van der Waals surface area contributed by atoms with Gasteiger partial charge in [-0.3, -0.25) is 4.79 Å². The van der Waals surface area contributed by atoms with Gasteiger partial charge in [0.2, 0.25) is 0 Å². The lowest BCUT2D eigenvalue weighted by Crippen LogP contribution is -2.45. The number of ether oxygens (including phenoxy) is 1. The van der Waals surface area contributed by atoms with Crippen LogP contribution >= 0.6 is 0 Å². The summed E-state index contributed by atoms with van der Waals surface area (Å²) in [4.78, 5) is 20.8. The second kappa shape index (κ2) is 7.23. The average molecular weight is 344 g/mol. The number of rotatable bonds is 4. The monoisotopic (exact) mass is 344 g/mol. The Morgan fingerprint density at radius 3 is 2.60 bits per heavy atom. The molecule has 7 heteroatoms. The van der Waals surface area contributed by atoms with E-state index < -0.39 is 0 Å². The molecule has 1 aliphatic rings. The van der Waals surface area contributed by atoms with Crippen LogP contribution in [0.2, 0.25) is 0 Å². The van der Waals surface area contributed by atoms with Crippen LogP contribution in [0, 0.1) is 6.92 Å². The van der Waals surface area contributed by atoms with Crippen LogP contribution in [0.5, 0.6) is 0 Å². The second-order valence-electron chi connectivity index (χ2n) is 6.66. The van der Waals surface area contributed by atoms with Crippen LogP contribution in [0.3, 0.4) is 0 Å². The van der Waals surface area contributed by atoms with Gasteiger partial charge in [-0.25, -0.2) is 4.98 Å². The molecular weight excluding hydrogens is 320 g/mol. The standard InChI is InChI=1S/C18H24N4O3/c1-12-7-16(20-25-12)11-21(4)18(23)15-5-6-17(19-8-15)22-9-13(2)24-14(3)10-22/h5-8,13-14H,9-11H2,1-4H3. The van der Waals surface area contributed by atoms with Crippen molar-refractivity contribution in [3.05, 3.63) is 41.4 Å². The summed E-state index contributed by atoms with van der Waals surface area (Å²) >= 11 is 0. The zero-order valence-corrected chi connectivity index (χ0v) is 15.1. The fraction of sp³-hybridized carbons (Fsp3) is 0.500. The summed E-state index contributed by atoms with van der Waals surface area (Å²) in [5.74, 6) is 1.51. The highest BCUT2D eigenvalue weighted by molar-refractivity contribution is 5.93. The maximum absolute atomic E-state index is 12.5. The second-order valence-corrected chi connectivity index (χ2v) is 6.66. The van der Waals surface area contributed by atoms with Gasteiger partial charge in [-0.2, -0.15) is 0 Å². The first-order chi connectivity index (χ1) is 11.9. The number of hydrogen-bond acceptors (Lipinski definition) is 6. The maximum atomic E-state index is 12.5. The lowest BCUT2D eigenvalue weighted by atomic mass is 10.2. The summed E-state index contributed by atoms with van der Waals surface area (Å²) in [6.45, 7) is 7.94. The van der Waals surface area contributed by atoms with Crippen LogP contribution < -0.4 is 4.90 Å². The van der Waals surface area contributed by atoms with Crippen LogP contribution in [0.15, 0.2) is 28.9 Å². The van der Waals surface area contributed by atoms with Crippen LogP contribution in [0.4, 0.5) is 5.82 Å². The van der Waals surface area contributed by atoms with E-state index in [0.29, 0.717) is 12.1 Å². The third-order valence-electron chi connectivity index (χ3n) is 4.16. The molecule has 1 amide bonds. The molecule has 1 saturated heterocycles. The molecule has 0 aliphatic carbocycles. The molecule has 0 spiro atoms. The lowest BCUT2D eigenvalue weighted by molar-refractivity contribution is -0.00546. The van der Waals surface area contributed by atoms with E-state index in [0.717, 1.165) is 30.4 Å². The van der Waals surface area contributed by atoms with Gasteiger partial charge in [0.1, 0.15) is 17.3 Å². The van der Waals surface area contributed by atoms with Crippen molar-refractivity contribution in [1.82, 2.24) is 15.0 Å². The zero-order chi connectivity index (χ0) is 18.0. The number of amides is 1. The van der Waals surface area contributed by atoms with E-state index in [4.69, 9.17) is 9.26 Å². The van der Waals surface area contributed by atoms with E-state index in [2.05, 4.69) is 28.9 Å². The number of pyridine rings is 1. The van der Waals surface area contributed by atoms with Crippen molar-refractivity contribution in [2.75, 3.05) is 25.0 Å². The van der Waals surface area contributed by atoms with Gasteiger partial charge in [-0.15, -0.1) is 0 Å². The number of anilines is 1. The van der Waals surface area contributed by atoms with Crippen LogP contribution in [0.1, 0.15) is 35.7 Å². The molecule has 2 unspecified atom stereocenters. The molecule has 0 aromatic carbocycles. The number of carbonyl (C=O) groups excluding carboxylic acids is 1. The highest BCUT2D eigenvalue weighted by Crippen LogP contribution is 2.19. The van der Waals surface area contributed by atoms with Gasteiger partial charge in [0.25, 0.3) is 5.91 Å². The highest BCUT2D eigenvalue weighted by atomic mass is 16.5. The number of nitrogens with zero attached hydrogens (tertiary/aromatic N) is 4. The Balaban J connectivity index is 1.65. The van der Waals surface area contributed by atoms with Crippen molar-refractivity contribution in [2.24, 2.45) is 0 Å². The molecule has 25 heavy (non-hydrogen) atoms. The van der Waals surface area contributed by atoms with Gasteiger partial charge in [-0.05, 0) is 32.9 Å². The van der Waals surface area contributed by atoms with Crippen molar-refractivity contribution in [2.45, 2.75) is 39.5 Å². The first kappa shape index (κ1) is 17.4. The predicted molar refractivity (Wildman–Crippen MR) is 93.5 cm³/mol. The smallest absolute Gasteiger partial charge is 0.255 e. The minimum atomic E-state index is -0.0941. The molecule has 3 heterocycles. The summed E-state index contributed by atoms with van der Waals surface area (Å²) in [6.07, 6.45) is 1.97. The third-order valence-corrected chi connectivity index (χ3v) is 4.16. The quantitative estimate of drug-likeness (QED) is 0.847. The molecule has 0 bridgehead atoms. The molecule has 2 aromatic heterocycles. The minimum Gasteiger partial charge on any atom is -0.372 e. The van der Waals surface area contributed by atoms with E-state index in [9.17, 15) is 4.79 Å². The summed E-state index contributed by atoms with van der Waals surface area (Å²) in [5, 5.41) is 3.92. The molecule has 2 atom stereocenters. The average Bonchev–Trinajstić information content (AvgIpc) is 2.98. The highest BCUT2D eigenvalue weighted by Gasteiger charge is 2.23. The van der Waals surface area contributed by atoms with E-state index in [1.807, 2.05) is 25.1 Å². The van der Waals surface area contributed by atoms with E-state index in [1.165, 1.54) is 0 Å². The molecule has 1 aliphatic heterocycles. The van der Waals surface area contributed by atoms with E-state index in [-0.39, 0.29) is 18.1 Å². The van der Waals surface area contributed by atoms with Gasteiger partial charge in [0.15, 0.2) is 0 Å². The number of carbonyl (C=O) groups is 1. The van der Waals surface area contributed by atoms with Gasteiger partial charge in [0, 0.05) is 32.4 Å². The first-order valence-electron chi connectivity index (χ1n) is 8.46. The van der Waals surface area contributed by atoms with Crippen molar-refractivity contribution in [1.29, 1.82) is 0 Å². The Bertz CT molecular complexity index is 718. The Kier molecular flexibility index (Phi) is 5.03. The van der Waals surface area contributed by atoms with E-state index >= 15 is 0 Å². The topological polar surface area (TPSA) is 71.7 Å². The predicted octanol–water partition coefficient (Wildman–Crippen LogP) is 2.26. The molecule has 0 radical (unpaired) electrons. The van der Waals surface area contributed by atoms with Crippen LogP contribution in [-0.2, 0) is 11.3 Å². The molecule has 7 nitrogen and oxygen atoms in total. The first-order valence-corrected chi connectivity index (χ1v) is 8.46. The summed E-state index contributed by atoms with van der Waals surface area (Å²) in [6, 6.07) is 5.54. The van der Waals surface area contributed by atoms with Gasteiger partial charge in [0.05, 0.1) is 24.3 Å². The number of aromatic nitrogens is 2. The van der Waals surface area contributed by atoms with Crippen LogP contribution in [-0.4, -0.2) is 53.3 Å². The van der Waals surface area contributed by atoms with Crippen molar-refractivity contribution in [3.63, 3.8) is 0 Å². The Morgan fingerprint density at radius 1 is 1.32 bits per heavy atom. The lowest BCUT2D eigenvalue weighted by Gasteiger charge is -2.36. The van der Waals surface area contributed by atoms with Crippen molar-refractivity contribution < 1.29 is 14.1 Å². The normalized spacial score (nSPS) is 20.6. The Morgan fingerprint density at radius 2 is 2.04 bits per heavy atom. The van der Waals surface area contributed by atoms with Gasteiger partial charge >= 0.3 is 0 Å². The number of aryl methyl sites for hydroxylation is 1. The van der Waals surface area contributed by atoms with Crippen molar-refractivity contribution in [3.8, 4) is 0 Å². The van der Waals surface area contributed by atoms with Crippen molar-refractivity contribution >= 4 is 11.7 Å². The minimum absolute atomic E-state index is 0.0941. The summed E-state index contributed by atoms with van der Waals surface area (Å²) in [7, 11) is 1.74. The van der Waals surface area contributed by atoms with E-state index in [1.54, 1.807) is 18.1 Å².